The average molecular weight is 290 g/mol. The van der Waals surface area contributed by atoms with Gasteiger partial charge in [-0.1, -0.05) is 35.4 Å². The van der Waals surface area contributed by atoms with Crippen molar-refractivity contribution in [3.8, 4) is 0 Å². The van der Waals surface area contributed by atoms with E-state index >= 15 is 0 Å². The van der Waals surface area contributed by atoms with E-state index in [0.717, 1.165) is 16.8 Å². The van der Waals surface area contributed by atoms with Crippen LogP contribution in [0.1, 0.15) is 22.7 Å². The van der Waals surface area contributed by atoms with Crippen LogP contribution in [0, 0.1) is 13.8 Å². The number of aryl methyl sites for hydroxylation is 2. The van der Waals surface area contributed by atoms with Crippen molar-refractivity contribution in [2.45, 2.75) is 19.9 Å². The van der Waals surface area contributed by atoms with Crippen molar-refractivity contribution in [3.63, 3.8) is 0 Å². The van der Waals surface area contributed by atoms with Gasteiger partial charge in [0.15, 0.2) is 6.04 Å². The van der Waals surface area contributed by atoms with Crippen molar-refractivity contribution >= 4 is 23.3 Å². The molecule has 1 atom stereocenters. The molecule has 0 aliphatic rings. The number of nitrogens with one attached hydrogen (secondary N) is 1. The molecule has 3 nitrogen and oxygen atoms in total. The smallest absolute Gasteiger partial charge is 0.330 e. The Balaban J connectivity index is 2.31. The van der Waals surface area contributed by atoms with E-state index < -0.39 is 12.0 Å². The first-order valence-electron chi connectivity index (χ1n) is 6.29. The zero-order valence-corrected chi connectivity index (χ0v) is 12.1. The Morgan fingerprint density at radius 3 is 2.35 bits per heavy atom. The Bertz CT molecular complexity index is 623. The summed E-state index contributed by atoms with van der Waals surface area (Å²) in [5.74, 6) is -0.920. The fourth-order valence-electron chi connectivity index (χ4n) is 2.05. The minimum absolute atomic E-state index is 0.603. The molecule has 0 aromatic heterocycles. The van der Waals surface area contributed by atoms with Crippen molar-refractivity contribution in [3.05, 3.63) is 64.2 Å². The first-order valence-corrected chi connectivity index (χ1v) is 6.67. The molecule has 0 heterocycles. The molecule has 0 amide bonds. The standard InChI is InChI=1S/C16H16ClNO2/c1-10-3-6-13(7-4-10)18-15(16(19)20)14-8-5-12(17)9-11(14)2/h3-9,15,18H,1-2H3,(H,19,20). The lowest BCUT2D eigenvalue weighted by atomic mass is 10.0. The summed E-state index contributed by atoms with van der Waals surface area (Å²) in [5.41, 5.74) is 3.47. The van der Waals surface area contributed by atoms with Gasteiger partial charge in [-0.3, -0.25) is 0 Å². The second-order valence-corrected chi connectivity index (χ2v) is 5.22. The molecular formula is C16H16ClNO2. The van der Waals surface area contributed by atoms with E-state index in [9.17, 15) is 9.90 Å². The molecule has 2 aromatic rings. The summed E-state index contributed by atoms with van der Waals surface area (Å²) in [6.45, 7) is 3.84. The third kappa shape index (κ3) is 3.31. The molecule has 4 heteroatoms. The summed E-state index contributed by atoms with van der Waals surface area (Å²) in [7, 11) is 0. The molecule has 0 saturated carbocycles. The van der Waals surface area contributed by atoms with Crippen LogP contribution in [0.4, 0.5) is 5.69 Å². The second-order valence-electron chi connectivity index (χ2n) is 4.78. The average Bonchev–Trinajstić information content (AvgIpc) is 2.39. The maximum Gasteiger partial charge on any atom is 0.330 e. The van der Waals surface area contributed by atoms with E-state index in [-0.39, 0.29) is 0 Å². The predicted molar refractivity (Wildman–Crippen MR) is 81.4 cm³/mol. The molecule has 104 valence electrons. The largest absolute Gasteiger partial charge is 0.479 e. The van der Waals surface area contributed by atoms with Crippen LogP contribution in [0.25, 0.3) is 0 Å². The van der Waals surface area contributed by atoms with Crippen LogP contribution in [-0.2, 0) is 4.79 Å². The monoisotopic (exact) mass is 289 g/mol. The number of halogens is 1. The van der Waals surface area contributed by atoms with Crippen LogP contribution in [0.2, 0.25) is 5.02 Å². The van der Waals surface area contributed by atoms with Gasteiger partial charge >= 0.3 is 5.97 Å². The number of hydrogen-bond donors (Lipinski definition) is 2. The van der Waals surface area contributed by atoms with Gasteiger partial charge in [-0.2, -0.15) is 0 Å². The molecule has 0 aliphatic heterocycles. The third-order valence-electron chi connectivity index (χ3n) is 3.15. The van der Waals surface area contributed by atoms with Crippen molar-refractivity contribution < 1.29 is 9.90 Å². The highest BCUT2D eigenvalue weighted by molar-refractivity contribution is 6.30. The number of rotatable bonds is 4. The van der Waals surface area contributed by atoms with Gasteiger partial charge in [0.25, 0.3) is 0 Å². The van der Waals surface area contributed by atoms with E-state index in [1.165, 1.54) is 0 Å². The molecule has 2 aromatic carbocycles. The van der Waals surface area contributed by atoms with E-state index in [4.69, 9.17) is 11.6 Å². The lowest BCUT2D eigenvalue weighted by Crippen LogP contribution is -2.21. The minimum Gasteiger partial charge on any atom is -0.479 e. The van der Waals surface area contributed by atoms with Gasteiger partial charge < -0.3 is 10.4 Å². The van der Waals surface area contributed by atoms with Crippen molar-refractivity contribution in [1.29, 1.82) is 0 Å². The SMILES string of the molecule is Cc1ccc(NC(C(=O)O)c2ccc(Cl)cc2C)cc1. The van der Waals surface area contributed by atoms with Gasteiger partial charge in [0.05, 0.1) is 0 Å². The van der Waals surface area contributed by atoms with E-state index in [0.29, 0.717) is 10.6 Å². The maximum atomic E-state index is 11.5. The normalized spacial score (nSPS) is 11.9. The molecule has 20 heavy (non-hydrogen) atoms. The number of benzene rings is 2. The zero-order chi connectivity index (χ0) is 14.7. The Hall–Kier alpha value is -2.00. The van der Waals surface area contributed by atoms with Crippen molar-refractivity contribution in [2.24, 2.45) is 0 Å². The fraction of sp³-hybridized carbons (Fsp3) is 0.188. The molecule has 2 rings (SSSR count). The summed E-state index contributed by atoms with van der Waals surface area (Å²) < 4.78 is 0. The lowest BCUT2D eigenvalue weighted by molar-refractivity contribution is -0.138. The predicted octanol–water partition coefficient (Wildman–Crippen LogP) is 4.19. The van der Waals surface area contributed by atoms with E-state index in [1.807, 2.05) is 38.1 Å². The number of carboxylic acids is 1. The Morgan fingerprint density at radius 1 is 1.15 bits per heavy atom. The molecule has 2 N–H and O–H groups in total. The summed E-state index contributed by atoms with van der Waals surface area (Å²) in [5, 5.41) is 13.1. The first-order chi connectivity index (χ1) is 9.47. The highest BCUT2D eigenvalue weighted by Crippen LogP contribution is 2.25. The highest BCUT2D eigenvalue weighted by atomic mass is 35.5. The molecule has 0 saturated heterocycles. The summed E-state index contributed by atoms with van der Waals surface area (Å²) in [4.78, 5) is 11.5. The summed E-state index contributed by atoms with van der Waals surface area (Å²) in [6, 6.07) is 12.0. The minimum atomic E-state index is -0.920. The Morgan fingerprint density at radius 2 is 1.80 bits per heavy atom. The first kappa shape index (κ1) is 14.4. The molecule has 0 radical (unpaired) electrons. The summed E-state index contributed by atoms with van der Waals surface area (Å²) >= 11 is 5.91. The second kappa shape index (κ2) is 5.97. The Kier molecular flexibility index (Phi) is 4.30. The van der Waals surface area contributed by atoms with Gasteiger partial charge in [0.2, 0.25) is 0 Å². The lowest BCUT2D eigenvalue weighted by Gasteiger charge is -2.18. The van der Waals surface area contributed by atoms with E-state index in [2.05, 4.69) is 5.32 Å². The number of hydrogen-bond acceptors (Lipinski definition) is 2. The number of carbonyl (C=O) groups is 1. The fourth-order valence-corrected chi connectivity index (χ4v) is 2.28. The topological polar surface area (TPSA) is 49.3 Å². The van der Waals surface area contributed by atoms with Crippen LogP contribution in [-0.4, -0.2) is 11.1 Å². The van der Waals surface area contributed by atoms with Crippen LogP contribution < -0.4 is 5.32 Å². The molecule has 0 spiro atoms. The number of carboxylic acid groups (broad SMARTS) is 1. The van der Waals surface area contributed by atoms with Crippen LogP contribution in [0.15, 0.2) is 42.5 Å². The third-order valence-corrected chi connectivity index (χ3v) is 3.39. The van der Waals surface area contributed by atoms with Gasteiger partial charge in [-0.25, -0.2) is 4.79 Å². The van der Waals surface area contributed by atoms with Gasteiger partial charge in [0, 0.05) is 10.7 Å². The number of aliphatic carboxylic acids is 1. The maximum absolute atomic E-state index is 11.5. The Labute approximate surface area is 123 Å². The van der Waals surface area contributed by atoms with Gasteiger partial charge in [0.1, 0.15) is 0 Å². The highest BCUT2D eigenvalue weighted by Gasteiger charge is 2.21. The molecule has 1 unspecified atom stereocenters. The van der Waals surface area contributed by atoms with Crippen LogP contribution in [0.5, 0.6) is 0 Å². The van der Waals surface area contributed by atoms with E-state index in [1.54, 1.807) is 18.2 Å². The van der Waals surface area contributed by atoms with Gasteiger partial charge in [-0.05, 0) is 49.2 Å². The van der Waals surface area contributed by atoms with Crippen molar-refractivity contribution in [1.82, 2.24) is 0 Å². The molecular weight excluding hydrogens is 274 g/mol. The quantitative estimate of drug-likeness (QED) is 0.887. The molecule has 0 bridgehead atoms. The zero-order valence-electron chi connectivity index (χ0n) is 11.4. The summed E-state index contributed by atoms with van der Waals surface area (Å²) in [6.07, 6.45) is 0. The van der Waals surface area contributed by atoms with Crippen LogP contribution >= 0.6 is 11.6 Å². The van der Waals surface area contributed by atoms with Crippen molar-refractivity contribution in [2.75, 3.05) is 5.32 Å². The van der Waals surface area contributed by atoms with Gasteiger partial charge in [-0.15, -0.1) is 0 Å². The molecule has 0 fully saturated rings. The molecule has 0 aliphatic carbocycles. The van der Waals surface area contributed by atoms with Crippen LogP contribution in [0.3, 0.4) is 0 Å². The number of anilines is 1.